The maximum Gasteiger partial charge on any atom is 0.130 e. The lowest BCUT2D eigenvalue weighted by Gasteiger charge is -2.15. The second-order valence-electron chi connectivity index (χ2n) is 4.76. The molecule has 1 heterocycles. The molecule has 0 aliphatic heterocycles. The van der Waals surface area contributed by atoms with Gasteiger partial charge in [-0.1, -0.05) is 44.2 Å². The van der Waals surface area contributed by atoms with Crippen LogP contribution >= 0.6 is 0 Å². The fourth-order valence-electron chi connectivity index (χ4n) is 1.81. The largest absolute Gasteiger partial charge is 0.363 e. The highest BCUT2D eigenvalue weighted by Crippen LogP contribution is 2.19. The zero-order chi connectivity index (χ0) is 13.0. The van der Waals surface area contributed by atoms with E-state index in [1.807, 2.05) is 24.3 Å². The van der Waals surface area contributed by atoms with E-state index in [0.29, 0.717) is 5.92 Å². The number of hydrogen-bond acceptors (Lipinski definition) is 3. The summed E-state index contributed by atoms with van der Waals surface area (Å²) in [4.78, 5) is 8.53. The molecule has 0 fully saturated rings. The second-order valence-corrected chi connectivity index (χ2v) is 4.76. The molecule has 1 N–H and O–H groups in total. The SMILES string of the molecule is CC(C)c1cc(NC(C)c2ccccc2)ncn1. The van der Waals surface area contributed by atoms with Gasteiger partial charge < -0.3 is 5.32 Å². The van der Waals surface area contributed by atoms with Crippen molar-refractivity contribution in [2.45, 2.75) is 32.7 Å². The van der Waals surface area contributed by atoms with Crippen molar-refractivity contribution in [3.63, 3.8) is 0 Å². The van der Waals surface area contributed by atoms with E-state index in [-0.39, 0.29) is 6.04 Å². The van der Waals surface area contributed by atoms with Gasteiger partial charge >= 0.3 is 0 Å². The zero-order valence-electron chi connectivity index (χ0n) is 11.1. The number of nitrogens with zero attached hydrogens (tertiary/aromatic N) is 2. The molecular weight excluding hydrogens is 222 g/mol. The van der Waals surface area contributed by atoms with Crippen LogP contribution in [0.25, 0.3) is 0 Å². The standard InChI is InChI=1S/C15H19N3/c1-11(2)14-9-15(17-10-16-14)18-12(3)13-7-5-4-6-8-13/h4-12H,1-3H3,(H,16,17,18). The Morgan fingerprint density at radius 1 is 1.00 bits per heavy atom. The summed E-state index contributed by atoms with van der Waals surface area (Å²) in [6.45, 7) is 6.39. The molecule has 0 aliphatic rings. The van der Waals surface area contributed by atoms with E-state index in [2.05, 4.69) is 48.2 Å². The molecule has 18 heavy (non-hydrogen) atoms. The first kappa shape index (κ1) is 12.6. The quantitative estimate of drug-likeness (QED) is 0.885. The number of nitrogens with one attached hydrogen (secondary N) is 1. The third-order valence-electron chi connectivity index (χ3n) is 2.94. The van der Waals surface area contributed by atoms with Crippen molar-refractivity contribution in [1.82, 2.24) is 9.97 Å². The van der Waals surface area contributed by atoms with Gasteiger partial charge in [0.2, 0.25) is 0 Å². The average molecular weight is 241 g/mol. The van der Waals surface area contributed by atoms with Crippen LogP contribution in [0.2, 0.25) is 0 Å². The first-order valence-corrected chi connectivity index (χ1v) is 6.30. The molecule has 0 bridgehead atoms. The fourth-order valence-corrected chi connectivity index (χ4v) is 1.81. The first-order chi connectivity index (χ1) is 8.66. The summed E-state index contributed by atoms with van der Waals surface area (Å²) < 4.78 is 0. The number of benzene rings is 1. The Balaban J connectivity index is 2.12. The van der Waals surface area contributed by atoms with Gasteiger partial charge in [-0.2, -0.15) is 0 Å². The van der Waals surface area contributed by atoms with Gasteiger partial charge in [0.25, 0.3) is 0 Å². The van der Waals surface area contributed by atoms with Gasteiger partial charge in [0.05, 0.1) is 0 Å². The zero-order valence-corrected chi connectivity index (χ0v) is 11.1. The highest BCUT2D eigenvalue weighted by Gasteiger charge is 2.07. The van der Waals surface area contributed by atoms with E-state index in [9.17, 15) is 0 Å². The van der Waals surface area contributed by atoms with Crippen molar-refractivity contribution < 1.29 is 0 Å². The lowest BCUT2D eigenvalue weighted by atomic mass is 10.1. The van der Waals surface area contributed by atoms with Crippen molar-refractivity contribution in [3.05, 3.63) is 54.0 Å². The molecule has 1 unspecified atom stereocenters. The van der Waals surface area contributed by atoms with Crippen LogP contribution < -0.4 is 5.32 Å². The van der Waals surface area contributed by atoms with Crippen molar-refractivity contribution in [1.29, 1.82) is 0 Å². The van der Waals surface area contributed by atoms with Gasteiger partial charge in [-0.05, 0) is 18.4 Å². The predicted molar refractivity (Wildman–Crippen MR) is 74.6 cm³/mol. The molecule has 0 radical (unpaired) electrons. The van der Waals surface area contributed by atoms with E-state index < -0.39 is 0 Å². The van der Waals surface area contributed by atoms with Crippen LogP contribution in [0.5, 0.6) is 0 Å². The molecule has 1 atom stereocenters. The molecule has 1 aromatic carbocycles. The Kier molecular flexibility index (Phi) is 3.92. The summed E-state index contributed by atoms with van der Waals surface area (Å²) in [6.07, 6.45) is 1.62. The van der Waals surface area contributed by atoms with Crippen LogP contribution in [-0.2, 0) is 0 Å². The van der Waals surface area contributed by atoms with E-state index in [1.54, 1.807) is 6.33 Å². The van der Waals surface area contributed by atoms with E-state index in [1.165, 1.54) is 5.56 Å². The maximum absolute atomic E-state index is 4.27. The molecule has 2 rings (SSSR count). The second kappa shape index (κ2) is 5.63. The lowest BCUT2D eigenvalue weighted by Crippen LogP contribution is -2.08. The molecule has 3 nitrogen and oxygen atoms in total. The minimum Gasteiger partial charge on any atom is -0.363 e. The lowest BCUT2D eigenvalue weighted by molar-refractivity contribution is 0.807. The molecule has 0 aliphatic carbocycles. The van der Waals surface area contributed by atoms with Crippen LogP contribution in [0.1, 0.15) is 44.0 Å². The van der Waals surface area contributed by atoms with Gasteiger partial charge in [0, 0.05) is 17.8 Å². The monoisotopic (exact) mass is 241 g/mol. The van der Waals surface area contributed by atoms with E-state index in [4.69, 9.17) is 0 Å². The van der Waals surface area contributed by atoms with Crippen molar-refractivity contribution in [2.24, 2.45) is 0 Å². The number of rotatable bonds is 4. The Labute approximate surface area is 108 Å². The Morgan fingerprint density at radius 3 is 2.39 bits per heavy atom. The Hall–Kier alpha value is -1.90. The van der Waals surface area contributed by atoms with Gasteiger partial charge in [0.1, 0.15) is 12.1 Å². The molecule has 3 heteroatoms. The van der Waals surface area contributed by atoms with Crippen LogP contribution in [0.3, 0.4) is 0 Å². The summed E-state index contributed by atoms with van der Waals surface area (Å²) in [5, 5.41) is 3.40. The molecule has 1 aromatic heterocycles. The molecule has 0 saturated heterocycles. The Bertz CT molecular complexity index is 494. The van der Waals surface area contributed by atoms with Gasteiger partial charge in [-0.3, -0.25) is 0 Å². The topological polar surface area (TPSA) is 37.8 Å². The van der Waals surface area contributed by atoms with Crippen molar-refractivity contribution in [2.75, 3.05) is 5.32 Å². The van der Waals surface area contributed by atoms with Crippen LogP contribution in [0, 0.1) is 0 Å². The summed E-state index contributed by atoms with van der Waals surface area (Å²) >= 11 is 0. The normalized spacial score (nSPS) is 12.4. The number of anilines is 1. The average Bonchev–Trinajstić information content (AvgIpc) is 2.40. The van der Waals surface area contributed by atoms with E-state index >= 15 is 0 Å². The summed E-state index contributed by atoms with van der Waals surface area (Å²) in [5.74, 6) is 1.30. The third-order valence-corrected chi connectivity index (χ3v) is 2.94. The van der Waals surface area contributed by atoms with Gasteiger partial charge in [0.15, 0.2) is 0 Å². The van der Waals surface area contributed by atoms with E-state index in [0.717, 1.165) is 11.5 Å². The van der Waals surface area contributed by atoms with Gasteiger partial charge in [-0.15, -0.1) is 0 Å². The number of aromatic nitrogens is 2. The van der Waals surface area contributed by atoms with Gasteiger partial charge in [-0.25, -0.2) is 9.97 Å². The highest BCUT2D eigenvalue weighted by atomic mass is 15.0. The Morgan fingerprint density at radius 2 is 1.72 bits per heavy atom. The molecule has 0 spiro atoms. The summed E-state index contributed by atoms with van der Waals surface area (Å²) in [7, 11) is 0. The molecule has 94 valence electrons. The fraction of sp³-hybridized carbons (Fsp3) is 0.333. The first-order valence-electron chi connectivity index (χ1n) is 6.30. The third kappa shape index (κ3) is 3.06. The highest BCUT2D eigenvalue weighted by molar-refractivity contribution is 5.39. The molecule has 0 amide bonds. The number of hydrogen-bond donors (Lipinski definition) is 1. The van der Waals surface area contributed by atoms with Crippen LogP contribution in [0.4, 0.5) is 5.82 Å². The maximum atomic E-state index is 4.27. The summed E-state index contributed by atoms with van der Waals surface area (Å²) in [5.41, 5.74) is 2.31. The van der Waals surface area contributed by atoms with Crippen molar-refractivity contribution >= 4 is 5.82 Å². The van der Waals surface area contributed by atoms with Crippen LogP contribution in [0.15, 0.2) is 42.7 Å². The molecular formula is C15H19N3. The summed E-state index contributed by atoms with van der Waals surface area (Å²) in [6, 6.07) is 12.6. The van der Waals surface area contributed by atoms with Crippen LogP contribution in [-0.4, -0.2) is 9.97 Å². The molecule has 2 aromatic rings. The minimum absolute atomic E-state index is 0.237. The predicted octanol–water partition coefficient (Wildman–Crippen LogP) is 3.77. The van der Waals surface area contributed by atoms with Crippen molar-refractivity contribution in [3.8, 4) is 0 Å². The minimum atomic E-state index is 0.237. The smallest absolute Gasteiger partial charge is 0.130 e. The molecule has 0 saturated carbocycles.